The monoisotopic (exact) mass is 446 g/mol. The van der Waals surface area contributed by atoms with E-state index in [1.165, 1.54) is 5.57 Å². The molecule has 182 valence electrons. The molecule has 32 heavy (non-hydrogen) atoms. The Balaban J connectivity index is 0.00000148. The molecular weight excluding hydrogens is 400 g/mol. The predicted octanol–water partition coefficient (Wildman–Crippen LogP) is 6.60. The van der Waals surface area contributed by atoms with E-state index in [1.807, 2.05) is 34.6 Å². The van der Waals surface area contributed by atoms with Crippen molar-refractivity contribution in [1.29, 1.82) is 0 Å². The number of terminal acetylenes is 1. The third kappa shape index (κ3) is 10.6. The zero-order valence-corrected chi connectivity index (χ0v) is 21.3. The van der Waals surface area contributed by atoms with Gasteiger partial charge in [0.2, 0.25) is 5.89 Å². The summed E-state index contributed by atoms with van der Waals surface area (Å²) in [6.07, 6.45) is 20.3. The van der Waals surface area contributed by atoms with Crippen molar-refractivity contribution in [3.05, 3.63) is 35.1 Å². The van der Waals surface area contributed by atoms with Crippen molar-refractivity contribution in [2.75, 3.05) is 13.2 Å². The lowest BCUT2D eigenvalue weighted by Crippen LogP contribution is -2.28. The van der Waals surface area contributed by atoms with Gasteiger partial charge in [-0.25, -0.2) is 4.98 Å². The quantitative estimate of drug-likeness (QED) is 0.360. The van der Waals surface area contributed by atoms with Gasteiger partial charge in [0.1, 0.15) is 11.5 Å². The summed E-state index contributed by atoms with van der Waals surface area (Å²) >= 11 is 0. The van der Waals surface area contributed by atoms with Crippen molar-refractivity contribution in [2.45, 2.75) is 105 Å². The molecule has 2 N–H and O–H groups in total. The first kappa shape index (κ1) is 30.1. The Bertz CT molecular complexity index is 688. The molecule has 2 aliphatic rings. The van der Waals surface area contributed by atoms with Gasteiger partial charge in [-0.15, -0.1) is 12.8 Å². The van der Waals surface area contributed by atoms with Crippen molar-refractivity contribution < 1.29 is 13.9 Å². The Morgan fingerprint density at radius 2 is 1.75 bits per heavy atom. The first-order valence-electron chi connectivity index (χ1n) is 12.3. The number of nitrogens with two attached hydrogens (primary N) is 1. The van der Waals surface area contributed by atoms with Gasteiger partial charge in [-0.3, -0.25) is 0 Å². The van der Waals surface area contributed by atoms with Crippen LogP contribution < -0.4 is 5.73 Å². The van der Waals surface area contributed by atoms with E-state index in [0.717, 1.165) is 68.6 Å². The van der Waals surface area contributed by atoms with Crippen molar-refractivity contribution in [3.8, 4) is 12.8 Å². The van der Waals surface area contributed by atoms with Crippen LogP contribution in [0.1, 0.15) is 96.9 Å². The molecule has 0 aromatic carbocycles. The van der Waals surface area contributed by atoms with E-state index in [4.69, 9.17) is 19.6 Å². The van der Waals surface area contributed by atoms with Gasteiger partial charge in [-0.1, -0.05) is 45.4 Å². The average molecular weight is 447 g/mol. The van der Waals surface area contributed by atoms with E-state index in [9.17, 15) is 0 Å². The summed E-state index contributed by atoms with van der Waals surface area (Å²) in [5, 5.41) is 0. The normalized spacial score (nSPS) is 19.7. The van der Waals surface area contributed by atoms with Crippen LogP contribution in [0, 0.1) is 19.8 Å². The second-order valence-electron chi connectivity index (χ2n) is 7.45. The maximum absolute atomic E-state index is 6.15. The smallest absolute Gasteiger partial charge is 0.226 e. The number of hydrogen-bond donors (Lipinski definition) is 1. The summed E-state index contributed by atoms with van der Waals surface area (Å²) in [7, 11) is 0. The lowest BCUT2D eigenvalue weighted by Gasteiger charge is -2.29. The highest BCUT2D eigenvalue weighted by Gasteiger charge is 2.24. The van der Waals surface area contributed by atoms with Crippen molar-refractivity contribution in [1.82, 2.24) is 4.98 Å². The summed E-state index contributed by atoms with van der Waals surface area (Å²) in [4.78, 5) is 4.68. The van der Waals surface area contributed by atoms with Gasteiger partial charge < -0.3 is 19.6 Å². The SMILES string of the molecule is C#C.CC.CC.CC1=CC(c2nc(COC3CCCC(OCCCN)C3)c(C)o2)=CCC1. The number of rotatable bonds is 8. The van der Waals surface area contributed by atoms with Crippen LogP contribution in [0.25, 0.3) is 5.57 Å². The van der Waals surface area contributed by atoms with Crippen LogP contribution >= 0.6 is 0 Å². The lowest BCUT2D eigenvalue weighted by molar-refractivity contribution is -0.0511. The molecule has 2 unspecified atom stereocenters. The zero-order chi connectivity index (χ0) is 24.4. The average Bonchev–Trinajstić information content (AvgIpc) is 3.23. The molecule has 5 heteroatoms. The minimum Gasteiger partial charge on any atom is -0.441 e. The molecule has 1 aromatic heterocycles. The molecule has 1 heterocycles. The molecule has 0 bridgehead atoms. The van der Waals surface area contributed by atoms with Gasteiger partial charge in [0.05, 0.1) is 18.8 Å². The van der Waals surface area contributed by atoms with Gasteiger partial charge in [-0.2, -0.15) is 0 Å². The van der Waals surface area contributed by atoms with Crippen LogP contribution in [-0.2, 0) is 16.1 Å². The minimum atomic E-state index is 0.238. The fourth-order valence-electron chi connectivity index (χ4n) is 3.62. The maximum atomic E-state index is 6.15. The Morgan fingerprint density at radius 3 is 2.38 bits per heavy atom. The molecule has 1 aromatic rings. The summed E-state index contributed by atoms with van der Waals surface area (Å²) < 4.78 is 17.9. The fraction of sp³-hybridized carbons (Fsp3) is 0.667. The fourth-order valence-corrected chi connectivity index (χ4v) is 3.62. The highest BCUT2D eigenvalue weighted by molar-refractivity contribution is 5.70. The molecule has 0 amide bonds. The van der Waals surface area contributed by atoms with Crippen LogP contribution in [-0.4, -0.2) is 30.3 Å². The number of hydrogen-bond acceptors (Lipinski definition) is 5. The zero-order valence-electron chi connectivity index (χ0n) is 21.3. The molecule has 0 radical (unpaired) electrons. The van der Waals surface area contributed by atoms with E-state index < -0.39 is 0 Å². The molecular formula is C27H46N2O3. The Labute approximate surface area is 196 Å². The Kier molecular flexibility index (Phi) is 17.6. The van der Waals surface area contributed by atoms with Crippen molar-refractivity contribution >= 4 is 5.57 Å². The van der Waals surface area contributed by atoms with E-state index >= 15 is 0 Å². The first-order chi connectivity index (χ1) is 15.7. The number of ether oxygens (including phenoxy) is 2. The van der Waals surface area contributed by atoms with Gasteiger partial charge in [0.15, 0.2) is 0 Å². The number of allylic oxidation sites excluding steroid dienone is 4. The van der Waals surface area contributed by atoms with Crippen LogP contribution in [0.15, 0.2) is 22.1 Å². The van der Waals surface area contributed by atoms with Crippen LogP contribution in [0.5, 0.6) is 0 Å². The van der Waals surface area contributed by atoms with Crippen LogP contribution in [0.4, 0.5) is 0 Å². The first-order valence-corrected chi connectivity index (χ1v) is 12.3. The predicted molar refractivity (Wildman–Crippen MR) is 135 cm³/mol. The Morgan fingerprint density at radius 1 is 1.09 bits per heavy atom. The summed E-state index contributed by atoms with van der Waals surface area (Å²) in [5.74, 6) is 1.57. The Hall–Kier alpha value is -1.87. The highest BCUT2D eigenvalue weighted by atomic mass is 16.5. The van der Waals surface area contributed by atoms with Gasteiger partial charge in [0.25, 0.3) is 0 Å². The molecule has 2 atom stereocenters. The van der Waals surface area contributed by atoms with Crippen molar-refractivity contribution in [2.24, 2.45) is 5.73 Å². The summed E-state index contributed by atoms with van der Waals surface area (Å²) in [6.45, 7) is 14.1. The van der Waals surface area contributed by atoms with Crippen molar-refractivity contribution in [3.63, 3.8) is 0 Å². The molecule has 0 spiro atoms. The second-order valence-corrected chi connectivity index (χ2v) is 7.45. The maximum Gasteiger partial charge on any atom is 0.226 e. The number of aryl methyl sites for hydroxylation is 1. The van der Waals surface area contributed by atoms with Gasteiger partial charge >= 0.3 is 0 Å². The van der Waals surface area contributed by atoms with Crippen LogP contribution in [0.2, 0.25) is 0 Å². The van der Waals surface area contributed by atoms with Gasteiger partial charge in [-0.05, 0) is 65.3 Å². The lowest BCUT2D eigenvalue weighted by atomic mass is 9.95. The topological polar surface area (TPSA) is 70.5 Å². The molecule has 1 fully saturated rings. The molecule has 0 aliphatic heterocycles. The largest absolute Gasteiger partial charge is 0.441 e. The van der Waals surface area contributed by atoms with E-state index in [-0.39, 0.29) is 6.10 Å². The molecule has 5 nitrogen and oxygen atoms in total. The molecule has 1 saturated carbocycles. The van der Waals surface area contributed by atoms with E-state index in [1.54, 1.807) is 0 Å². The molecule has 2 aliphatic carbocycles. The minimum absolute atomic E-state index is 0.238. The third-order valence-corrected chi connectivity index (χ3v) is 5.18. The standard InChI is InChI=1S/C21H32N2O3.2C2H6.C2H2/c1-15-6-3-7-17(12-15)21-23-20(16(2)26-21)14-25-19-9-4-8-18(13-19)24-11-5-10-22;3*1-2/h7,12,18-19H,3-6,8-11,13-14,22H2,1-2H3;2*1-2H3;1-2H. The molecule has 0 saturated heterocycles. The number of nitrogens with zero attached hydrogens (tertiary/aromatic N) is 1. The second kappa shape index (κ2) is 18.7. The van der Waals surface area contributed by atoms with Gasteiger partial charge in [0, 0.05) is 12.2 Å². The third-order valence-electron chi connectivity index (χ3n) is 5.18. The summed E-state index contributed by atoms with van der Waals surface area (Å²) in [6, 6.07) is 0. The highest BCUT2D eigenvalue weighted by Crippen LogP contribution is 2.28. The molecule has 3 rings (SSSR count). The number of aromatic nitrogens is 1. The van der Waals surface area contributed by atoms with E-state index in [2.05, 4.69) is 36.9 Å². The van der Waals surface area contributed by atoms with Crippen LogP contribution in [0.3, 0.4) is 0 Å². The summed E-state index contributed by atoms with van der Waals surface area (Å²) in [5.41, 5.74) is 8.91. The van der Waals surface area contributed by atoms with E-state index in [0.29, 0.717) is 25.1 Å². The number of oxazole rings is 1.